The Kier molecular flexibility index (Phi) is 6.55. The molecule has 34 heavy (non-hydrogen) atoms. The number of carbonyl (C=O) groups is 1. The lowest BCUT2D eigenvalue weighted by molar-refractivity contribution is 0.0743. The lowest BCUT2D eigenvalue weighted by Crippen LogP contribution is -2.30. The summed E-state index contributed by atoms with van der Waals surface area (Å²) < 4.78 is 11.6. The first-order chi connectivity index (χ1) is 16.3. The molecule has 0 saturated carbocycles. The van der Waals surface area contributed by atoms with E-state index in [0.29, 0.717) is 47.5 Å². The van der Waals surface area contributed by atoms with Gasteiger partial charge < -0.3 is 19.5 Å². The van der Waals surface area contributed by atoms with Crippen molar-refractivity contribution in [3.63, 3.8) is 0 Å². The zero-order valence-corrected chi connectivity index (χ0v) is 20.7. The topological polar surface area (TPSA) is 87.7 Å². The second-order valence-electron chi connectivity index (χ2n) is 9.36. The highest BCUT2D eigenvalue weighted by Crippen LogP contribution is 2.46. The lowest BCUT2D eigenvalue weighted by atomic mass is 9.94. The van der Waals surface area contributed by atoms with Crippen molar-refractivity contribution in [3.05, 3.63) is 58.3 Å². The molecule has 2 heterocycles. The van der Waals surface area contributed by atoms with Gasteiger partial charge in [0.25, 0.3) is 5.91 Å². The van der Waals surface area contributed by atoms with E-state index in [1.165, 1.54) is 0 Å². The molecule has 1 aliphatic rings. The first-order valence-electron chi connectivity index (χ1n) is 11.8. The number of aromatic amines is 1. The third-order valence-electron chi connectivity index (χ3n) is 6.10. The maximum absolute atomic E-state index is 13.4. The van der Waals surface area contributed by atoms with E-state index in [1.54, 1.807) is 7.11 Å². The predicted molar refractivity (Wildman–Crippen MR) is 132 cm³/mol. The summed E-state index contributed by atoms with van der Waals surface area (Å²) in [4.78, 5) is 15.2. The fraction of sp³-hybridized carbons (Fsp3) is 0.407. The van der Waals surface area contributed by atoms with Crippen LogP contribution in [0.2, 0.25) is 0 Å². The fourth-order valence-electron chi connectivity index (χ4n) is 4.59. The molecule has 1 aromatic heterocycles. The number of hydrogen-bond donors (Lipinski definition) is 2. The van der Waals surface area contributed by atoms with Gasteiger partial charge in [0.1, 0.15) is 17.1 Å². The number of hydrogen-bond acceptors (Lipinski definition) is 5. The summed E-state index contributed by atoms with van der Waals surface area (Å²) in [5, 5.41) is 18.3. The van der Waals surface area contributed by atoms with Gasteiger partial charge in [0.05, 0.1) is 19.8 Å². The van der Waals surface area contributed by atoms with Crippen LogP contribution in [-0.4, -0.2) is 46.4 Å². The minimum atomic E-state index is -0.357. The van der Waals surface area contributed by atoms with Crippen molar-refractivity contribution in [2.24, 2.45) is 5.92 Å². The highest BCUT2D eigenvalue weighted by molar-refractivity contribution is 6.00. The third-order valence-corrected chi connectivity index (χ3v) is 6.10. The molecule has 2 aromatic carbocycles. The minimum absolute atomic E-state index is 0.0939. The number of aromatic nitrogens is 2. The summed E-state index contributed by atoms with van der Waals surface area (Å²) in [5.41, 5.74) is 5.14. The smallest absolute Gasteiger partial charge is 0.273 e. The van der Waals surface area contributed by atoms with Gasteiger partial charge in [-0.2, -0.15) is 5.10 Å². The SMILES string of the molecule is CCCN1C(=O)c2[nH]nc(-c3cc(C)cc(C)c3O)c2C1c1ccc(OCC(C)C)c(OC)c1. The van der Waals surface area contributed by atoms with E-state index >= 15 is 0 Å². The number of carbonyl (C=O) groups excluding carboxylic acids is 1. The summed E-state index contributed by atoms with van der Waals surface area (Å²) in [7, 11) is 1.62. The molecule has 0 fully saturated rings. The second kappa shape index (κ2) is 9.41. The number of methoxy groups -OCH3 is 1. The molecule has 0 radical (unpaired) electrons. The maximum Gasteiger partial charge on any atom is 0.273 e. The Morgan fingerprint density at radius 3 is 2.62 bits per heavy atom. The van der Waals surface area contributed by atoms with E-state index in [1.807, 2.05) is 49.1 Å². The Morgan fingerprint density at radius 2 is 1.94 bits per heavy atom. The number of aryl methyl sites for hydroxylation is 2. The van der Waals surface area contributed by atoms with Gasteiger partial charge >= 0.3 is 0 Å². The average Bonchev–Trinajstić information content (AvgIpc) is 3.34. The molecule has 180 valence electrons. The molecule has 1 unspecified atom stereocenters. The number of phenolic OH excluding ortho intramolecular Hbond substituents is 1. The Morgan fingerprint density at radius 1 is 1.18 bits per heavy atom. The highest BCUT2D eigenvalue weighted by Gasteiger charge is 2.42. The van der Waals surface area contributed by atoms with E-state index < -0.39 is 0 Å². The standard InChI is InChI=1S/C27H33N3O4/c1-7-10-30-25(18-8-9-20(21(13-18)33-6)34-14-15(2)3)22-23(28-29-24(22)27(30)32)19-12-16(4)11-17(5)26(19)31/h8-9,11-13,15,25,31H,7,10,14H2,1-6H3,(H,28,29). The van der Waals surface area contributed by atoms with Crippen molar-refractivity contribution in [1.29, 1.82) is 0 Å². The second-order valence-corrected chi connectivity index (χ2v) is 9.36. The number of fused-ring (bicyclic) bond motifs is 1. The molecule has 7 nitrogen and oxygen atoms in total. The summed E-state index contributed by atoms with van der Waals surface area (Å²) in [5.74, 6) is 1.76. The first-order valence-corrected chi connectivity index (χ1v) is 11.8. The van der Waals surface area contributed by atoms with Crippen molar-refractivity contribution in [2.75, 3.05) is 20.3 Å². The molecular formula is C27H33N3O4. The molecule has 0 saturated heterocycles. The van der Waals surface area contributed by atoms with Gasteiger partial charge in [-0.15, -0.1) is 0 Å². The van der Waals surface area contributed by atoms with Crippen LogP contribution in [0.5, 0.6) is 17.2 Å². The number of phenols is 1. The summed E-state index contributed by atoms with van der Waals surface area (Å²) >= 11 is 0. The first kappa shape index (κ1) is 23.7. The molecule has 7 heteroatoms. The van der Waals surface area contributed by atoms with Gasteiger partial charge in [-0.3, -0.25) is 9.89 Å². The van der Waals surface area contributed by atoms with Crippen molar-refractivity contribution in [2.45, 2.75) is 47.1 Å². The molecule has 1 amide bonds. The molecule has 0 aliphatic carbocycles. The van der Waals surface area contributed by atoms with Crippen LogP contribution in [0.25, 0.3) is 11.3 Å². The van der Waals surface area contributed by atoms with Gasteiger partial charge in [0.15, 0.2) is 11.5 Å². The Labute approximate surface area is 200 Å². The number of rotatable bonds is 8. The van der Waals surface area contributed by atoms with Crippen LogP contribution in [0.15, 0.2) is 30.3 Å². The van der Waals surface area contributed by atoms with Gasteiger partial charge in [-0.1, -0.05) is 32.9 Å². The van der Waals surface area contributed by atoms with Crippen molar-refractivity contribution in [1.82, 2.24) is 15.1 Å². The van der Waals surface area contributed by atoms with Crippen LogP contribution >= 0.6 is 0 Å². The van der Waals surface area contributed by atoms with Crippen LogP contribution in [-0.2, 0) is 0 Å². The molecule has 3 aromatic rings. The third kappa shape index (κ3) is 4.11. The average molecular weight is 464 g/mol. The molecule has 4 rings (SSSR count). The number of benzene rings is 2. The van der Waals surface area contributed by atoms with Crippen LogP contribution < -0.4 is 9.47 Å². The summed E-state index contributed by atoms with van der Waals surface area (Å²) in [6.07, 6.45) is 0.816. The van der Waals surface area contributed by atoms with Gasteiger partial charge in [-0.25, -0.2) is 0 Å². The van der Waals surface area contributed by atoms with E-state index in [9.17, 15) is 9.90 Å². The number of nitrogens with zero attached hydrogens (tertiary/aromatic N) is 2. The molecule has 1 atom stereocenters. The Balaban J connectivity index is 1.86. The van der Waals surface area contributed by atoms with E-state index in [2.05, 4.69) is 31.0 Å². The normalized spacial score (nSPS) is 15.2. The summed E-state index contributed by atoms with van der Waals surface area (Å²) in [6.45, 7) is 11.3. The highest BCUT2D eigenvalue weighted by atomic mass is 16.5. The number of amides is 1. The molecule has 0 bridgehead atoms. The summed E-state index contributed by atoms with van der Waals surface area (Å²) in [6, 6.07) is 9.29. The predicted octanol–water partition coefficient (Wildman–Crippen LogP) is 5.40. The lowest BCUT2D eigenvalue weighted by Gasteiger charge is -2.26. The van der Waals surface area contributed by atoms with Crippen LogP contribution in [0.4, 0.5) is 0 Å². The molecule has 2 N–H and O–H groups in total. The molecular weight excluding hydrogens is 430 g/mol. The van der Waals surface area contributed by atoms with E-state index in [-0.39, 0.29) is 17.7 Å². The Bertz CT molecular complexity index is 1210. The number of ether oxygens (including phenoxy) is 2. The van der Waals surface area contributed by atoms with Crippen LogP contribution in [0, 0.1) is 19.8 Å². The van der Waals surface area contributed by atoms with Crippen molar-refractivity contribution < 1.29 is 19.4 Å². The van der Waals surface area contributed by atoms with E-state index in [0.717, 1.165) is 28.7 Å². The van der Waals surface area contributed by atoms with E-state index in [4.69, 9.17) is 9.47 Å². The zero-order chi connectivity index (χ0) is 24.6. The maximum atomic E-state index is 13.4. The fourth-order valence-corrected chi connectivity index (χ4v) is 4.59. The van der Waals surface area contributed by atoms with Gasteiger partial charge in [0, 0.05) is 17.7 Å². The van der Waals surface area contributed by atoms with Crippen LogP contribution in [0.1, 0.15) is 66.0 Å². The molecule has 0 spiro atoms. The quantitative estimate of drug-likeness (QED) is 0.467. The van der Waals surface area contributed by atoms with Crippen molar-refractivity contribution >= 4 is 5.91 Å². The van der Waals surface area contributed by atoms with Crippen molar-refractivity contribution in [3.8, 4) is 28.5 Å². The number of aromatic hydroxyl groups is 1. The molecule has 1 aliphatic heterocycles. The number of nitrogens with one attached hydrogen (secondary N) is 1. The zero-order valence-electron chi connectivity index (χ0n) is 20.7. The van der Waals surface area contributed by atoms with Gasteiger partial charge in [0.2, 0.25) is 0 Å². The largest absolute Gasteiger partial charge is 0.507 e. The Hall–Kier alpha value is -3.48. The monoisotopic (exact) mass is 463 g/mol. The minimum Gasteiger partial charge on any atom is -0.507 e. The van der Waals surface area contributed by atoms with Crippen LogP contribution in [0.3, 0.4) is 0 Å². The number of H-pyrrole nitrogens is 1. The van der Waals surface area contributed by atoms with Gasteiger partial charge in [-0.05, 0) is 61.1 Å².